The van der Waals surface area contributed by atoms with E-state index in [1.165, 1.54) is 0 Å². The highest BCUT2D eigenvalue weighted by molar-refractivity contribution is 6.00. The molecule has 92 valence electrons. The van der Waals surface area contributed by atoms with E-state index >= 15 is 0 Å². The van der Waals surface area contributed by atoms with E-state index in [-0.39, 0.29) is 5.88 Å². The first-order chi connectivity index (χ1) is 8.74. The van der Waals surface area contributed by atoms with Crippen molar-refractivity contribution in [3.05, 3.63) is 18.2 Å². The lowest BCUT2D eigenvalue weighted by atomic mass is 10.1. The number of pyridine rings is 1. The summed E-state index contributed by atoms with van der Waals surface area (Å²) in [6.07, 6.45) is 0. The summed E-state index contributed by atoms with van der Waals surface area (Å²) >= 11 is 0. The van der Waals surface area contributed by atoms with Gasteiger partial charge < -0.3 is 19.7 Å². The molecule has 0 saturated carbocycles. The number of nitrogens with zero attached hydrogens (tertiary/aromatic N) is 2. The molecule has 0 amide bonds. The molecule has 2 aromatic heterocycles. The van der Waals surface area contributed by atoms with Gasteiger partial charge in [-0.1, -0.05) is 5.16 Å². The smallest absolute Gasteiger partial charge is 0.231 e. The zero-order valence-electron chi connectivity index (χ0n) is 9.93. The molecule has 6 nitrogen and oxygen atoms in total. The fourth-order valence-electron chi connectivity index (χ4n) is 1.93. The highest BCUT2D eigenvalue weighted by Gasteiger charge is 2.14. The Balaban J connectivity index is 2.48. The number of nitrogen functional groups attached to an aromatic ring is 1. The van der Waals surface area contributed by atoms with Crippen molar-refractivity contribution in [3.8, 4) is 11.5 Å². The molecule has 0 bridgehead atoms. The number of anilines is 1. The average Bonchev–Trinajstić information content (AvgIpc) is 2.76. The van der Waals surface area contributed by atoms with Crippen molar-refractivity contribution >= 4 is 27.8 Å². The summed E-state index contributed by atoms with van der Waals surface area (Å²) in [4.78, 5) is 4.39. The van der Waals surface area contributed by atoms with E-state index in [1.54, 1.807) is 20.3 Å². The number of rotatable bonds is 2. The molecule has 0 atom stereocenters. The van der Waals surface area contributed by atoms with Crippen LogP contribution in [0.3, 0.4) is 0 Å². The Hall–Kier alpha value is -2.50. The number of benzene rings is 1. The minimum atomic E-state index is 0.240. The zero-order valence-corrected chi connectivity index (χ0v) is 9.93. The van der Waals surface area contributed by atoms with Gasteiger partial charge in [-0.2, -0.15) is 0 Å². The Kier molecular flexibility index (Phi) is 2.22. The topological polar surface area (TPSA) is 83.4 Å². The largest absolute Gasteiger partial charge is 0.496 e. The van der Waals surface area contributed by atoms with Crippen LogP contribution in [0.1, 0.15) is 0 Å². The fraction of sp³-hybridized carbons (Fsp3) is 0.167. The van der Waals surface area contributed by atoms with Crippen LogP contribution in [0.2, 0.25) is 0 Å². The summed E-state index contributed by atoms with van der Waals surface area (Å²) in [6.45, 7) is 0. The van der Waals surface area contributed by atoms with Crippen molar-refractivity contribution < 1.29 is 14.0 Å². The molecule has 0 aliphatic heterocycles. The third-order valence-electron chi connectivity index (χ3n) is 2.82. The maximum Gasteiger partial charge on any atom is 0.231 e. The first-order valence-electron chi connectivity index (χ1n) is 5.31. The molecule has 2 heterocycles. The van der Waals surface area contributed by atoms with Crippen molar-refractivity contribution in [3.63, 3.8) is 0 Å². The molecule has 0 unspecified atom stereocenters. The number of hydrogen-bond donors (Lipinski definition) is 1. The highest BCUT2D eigenvalue weighted by atomic mass is 16.5. The van der Waals surface area contributed by atoms with Crippen LogP contribution in [0, 0.1) is 0 Å². The summed E-state index contributed by atoms with van der Waals surface area (Å²) in [7, 11) is 3.19. The maximum absolute atomic E-state index is 5.69. The van der Waals surface area contributed by atoms with Crippen LogP contribution in [-0.2, 0) is 0 Å². The third kappa shape index (κ3) is 1.35. The van der Waals surface area contributed by atoms with E-state index in [0.29, 0.717) is 28.0 Å². The Morgan fingerprint density at radius 1 is 1.11 bits per heavy atom. The predicted octanol–water partition coefficient (Wildman–Crippen LogP) is 1.98. The fourth-order valence-corrected chi connectivity index (χ4v) is 1.93. The summed E-state index contributed by atoms with van der Waals surface area (Å²) in [5.74, 6) is 1.58. The van der Waals surface area contributed by atoms with Gasteiger partial charge in [0.1, 0.15) is 17.0 Å². The van der Waals surface area contributed by atoms with Gasteiger partial charge in [0.25, 0.3) is 0 Å². The molecule has 0 spiro atoms. The quantitative estimate of drug-likeness (QED) is 0.743. The lowest BCUT2D eigenvalue weighted by Crippen LogP contribution is -1.92. The Morgan fingerprint density at radius 3 is 2.56 bits per heavy atom. The normalized spacial score (nSPS) is 11.0. The van der Waals surface area contributed by atoms with Crippen LogP contribution in [0.4, 0.5) is 5.88 Å². The van der Waals surface area contributed by atoms with Gasteiger partial charge in [0.2, 0.25) is 11.5 Å². The molecule has 0 fully saturated rings. The first-order valence-corrected chi connectivity index (χ1v) is 5.31. The molecule has 3 rings (SSSR count). The second kappa shape index (κ2) is 3.76. The van der Waals surface area contributed by atoms with E-state index in [2.05, 4.69) is 10.1 Å². The van der Waals surface area contributed by atoms with E-state index in [4.69, 9.17) is 19.7 Å². The standard InChI is InChI=1S/C12H11N3O3/c1-16-8-3-4-9(17-2)10-6(8)5-7-11(13)18-15-12(7)14-10/h3-5H,13H2,1-2H3. The van der Waals surface area contributed by atoms with Crippen LogP contribution in [0.25, 0.3) is 21.9 Å². The van der Waals surface area contributed by atoms with Gasteiger partial charge in [-0.3, -0.25) is 0 Å². The van der Waals surface area contributed by atoms with Gasteiger partial charge in [0.05, 0.1) is 19.6 Å². The zero-order chi connectivity index (χ0) is 12.7. The first kappa shape index (κ1) is 10.6. The average molecular weight is 245 g/mol. The van der Waals surface area contributed by atoms with Crippen molar-refractivity contribution in [2.24, 2.45) is 0 Å². The van der Waals surface area contributed by atoms with Gasteiger partial charge in [-0.15, -0.1) is 0 Å². The molecular weight excluding hydrogens is 234 g/mol. The summed E-state index contributed by atoms with van der Waals surface area (Å²) in [6, 6.07) is 5.45. The Labute approximate surface area is 102 Å². The van der Waals surface area contributed by atoms with Crippen LogP contribution in [0.15, 0.2) is 22.7 Å². The van der Waals surface area contributed by atoms with Crippen molar-refractivity contribution in [2.45, 2.75) is 0 Å². The third-order valence-corrected chi connectivity index (χ3v) is 2.82. The van der Waals surface area contributed by atoms with Gasteiger partial charge in [-0.05, 0) is 18.2 Å². The van der Waals surface area contributed by atoms with E-state index < -0.39 is 0 Å². The Bertz CT molecular complexity index is 736. The number of methoxy groups -OCH3 is 2. The molecule has 1 aromatic carbocycles. The molecule has 18 heavy (non-hydrogen) atoms. The molecular formula is C12H11N3O3. The van der Waals surface area contributed by atoms with Gasteiger partial charge in [0, 0.05) is 5.39 Å². The minimum Gasteiger partial charge on any atom is -0.496 e. The van der Waals surface area contributed by atoms with Gasteiger partial charge in [0.15, 0.2) is 0 Å². The second-order valence-electron chi connectivity index (χ2n) is 3.77. The monoisotopic (exact) mass is 245 g/mol. The lowest BCUT2D eigenvalue weighted by molar-refractivity contribution is 0.410. The summed E-state index contributed by atoms with van der Waals surface area (Å²) in [5, 5.41) is 5.26. The maximum atomic E-state index is 5.69. The minimum absolute atomic E-state index is 0.240. The number of ether oxygens (including phenoxy) is 2. The number of fused-ring (bicyclic) bond motifs is 2. The summed E-state index contributed by atoms with van der Waals surface area (Å²) in [5.41, 5.74) is 6.80. The van der Waals surface area contributed by atoms with Gasteiger partial charge in [-0.25, -0.2) is 4.98 Å². The number of hydrogen-bond acceptors (Lipinski definition) is 6. The number of aromatic nitrogens is 2. The number of nitrogens with two attached hydrogens (primary N) is 1. The highest BCUT2D eigenvalue weighted by Crippen LogP contribution is 2.34. The SMILES string of the molecule is COc1ccc(OC)c2nc3noc(N)c3cc12. The van der Waals surface area contributed by atoms with Crippen molar-refractivity contribution in [1.82, 2.24) is 10.1 Å². The van der Waals surface area contributed by atoms with Crippen molar-refractivity contribution in [2.75, 3.05) is 20.0 Å². The molecule has 6 heteroatoms. The molecule has 0 saturated heterocycles. The lowest BCUT2D eigenvalue weighted by Gasteiger charge is -2.08. The summed E-state index contributed by atoms with van der Waals surface area (Å²) < 4.78 is 15.5. The molecule has 0 aliphatic carbocycles. The molecule has 3 aromatic rings. The predicted molar refractivity (Wildman–Crippen MR) is 66.8 cm³/mol. The van der Waals surface area contributed by atoms with Gasteiger partial charge >= 0.3 is 0 Å². The molecule has 0 aliphatic rings. The van der Waals surface area contributed by atoms with Crippen LogP contribution >= 0.6 is 0 Å². The Morgan fingerprint density at radius 2 is 1.83 bits per heavy atom. The molecule has 2 N–H and O–H groups in total. The van der Waals surface area contributed by atoms with E-state index in [1.807, 2.05) is 12.1 Å². The molecule has 0 radical (unpaired) electrons. The van der Waals surface area contributed by atoms with Crippen molar-refractivity contribution in [1.29, 1.82) is 0 Å². The van der Waals surface area contributed by atoms with Crippen LogP contribution < -0.4 is 15.2 Å². The second-order valence-corrected chi connectivity index (χ2v) is 3.77. The van der Waals surface area contributed by atoms with E-state index in [9.17, 15) is 0 Å². The van der Waals surface area contributed by atoms with E-state index in [0.717, 1.165) is 5.39 Å². The van der Waals surface area contributed by atoms with Crippen LogP contribution in [0.5, 0.6) is 11.5 Å². The van der Waals surface area contributed by atoms with Crippen LogP contribution in [-0.4, -0.2) is 24.4 Å².